The van der Waals surface area contributed by atoms with Crippen molar-refractivity contribution >= 4 is 5.97 Å². The average molecular weight is 223 g/mol. The first kappa shape index (κ1) is 10.8. The van der Waals surface area contributed by atoms with Gasteiger partial charge < -0.3 is 4.74 Å². The van der Waals surface area contributed by atoms with Gasteiger partial charge in [-0.3, -0.25) is 4.98 Å². The molecule has 17 heavy (non-hydrogen) atoms. The number of ether oxygens (including phenoxy) is 1. The first-order valence-electron chi connectivity index (χ1n) is 4.84. The monoisotopic (exact) mass is 223 g/mol. The van der Waals surface area contributed by atoms with Gasteiger partial charge in [0.1, 0.15) is 11.6 Å². The molecule has 1 heterocycles. The zero-order valence-corrected chi connectivity index (χ0v) is 8.75. The Balaban J connectivity index is 2.23. The van der Waals surface area contributed by atoms with E-state index in [2.05, 4.69) is 11.2 Å². The molecular formula is C13H7N2O2. The Bertz CT molecular complexity index is 573. The van der Waals surface area contributed by atoms with Crippen LogP contribution in [-0.2, 0) is 0 Å². The Morgan fingerprint density at radius 2 is 2.12 bits per heavy atom. The summed E-state index contributed by atoms with van der Waals surface area (Å²) < 4.78 is 5.09. The highest BCUT2D eigenvalue weighted by Gasteiger charge is 2.10. The van der Waals surface area contributed by atoms with Gasteiger partial charge >= 0.3 is 5.97 Å². The van der Waals surface area contributed by atoms with Crippen LogP contribution in [0.25, 0.3) is 0 Å². The van der Waals surface area contributed by atoms with E-state index >= 15 is 0 Å². The number of hydrogen-bond donors (Lipinski definition) is 0. The van der Waals surface area contributed by atoms with Crippen molar-refractivity contribution in [3.05, 3.63) is 59.9 Å². The lowest BCUT2D eigenvalue weighted by Crippen LogP contribution is -2.09. The van der Waals surface area contributed by atoms with Crippen LogP contribution in [0.5, 0.6) is 5.75 Å². The number of rotatable bonds is 2. The van der Waals surface area contributed by atoms with Crippen molar-refractivity contribution in [1.82, 2.24) is 4.98 Å². The van der Waals surface area contributed by atoms with E-state index in [0.29, 0.717) is 5.56 Å². The van der Waals surface area contributed by atoms with Crippen molar-refractivity contribution in [3.8, 4) is 11.8 Å². The number of aromatic nitrogens is 1. The lowest BCUT2D eigenvalue weighted by atomic mass is 10.2. The highest BCUT2D eigenvalue weighted by atomic mass is 16.5. The SMILES string of the molecule is N#Cc1cn[c]cc1OC(=O)c1ccccc1. The summed E-state index contributed by atoms with van der Waals surface area (Å²) in [6.45, 7) is 0. The molecule has 1 radical (unpaired) electrons. The van der Waals surface area contributed by atoms with Gasteiger partial charge in [-0.05, 0) is 12.1 Å². The van der Waals surface area contributed by atoms with Crippen molar-refractivity contribution in [2.45, 2.75) is 0 Å². The second-order valence-corrected chi connectivity index (χ2v) is 3.18. The molecular weight excluding hydrogens is 216 g/mol. The number of nitrogens with zero attached hydrogens (tertiary/aromatic N) is 2. The molecule has 0 atom stereocenters. The third kappa shape index (κ3) is 2.47. The Morgan fingerprint density at radius 3 is 2.82 bits per heavy atom. The summed E-state index contributed by atoms with van der Waals surface area (Å²) in [5.74, 6) is -0.349. The van der Waals surface area contributed by atoms with Gasteiger partial charge in [0.25, 0.3) is 0 Å². The van der Waals surface area contributed by atoms with Crippen LogP contribution in [-0.4, -0.2) is 11.0 Å². The van der Waals surface area contributed by atoms with Crippen molar-refractivity contribution < 1.29 is 9.53 Å². The summed E-state index contributed by atoms with van der Waals surface area (Å²) >= 11 is 0. The molecule has 1 aromatic carbocycles. The second kappa shape index (κ2) is 4.90. The van der Waals surface area contributed by atoms with Gasteiger partial charge in [-0.1, -0.05) is 18.2 Å². The Morgan fingerprint density at radius 1 is 1.35 bits per heavy atom. The van der Waals surface area contributed by atoms with E-state index in [0.717, 1.165) is 0 Å². The number of benzene rings is 1. The predicted octanol–water partition coefficient (Wildman–Crippen LogP) is 1.97. The van der Waals surface area contributed by atoms with Crippen molar-refractivity contribution in [2.24, 2.45) is 0 Å². The van der Waals surface area contributed by atoms with Gasteiger partial charge in [-0.25, -0.2) is 4.79 Å². The first-order chi connectivity index (χ1) is 8.31. The topological polar surface area (TPSA) is 63.0 Å². The fraction of sp³-hybridized carbons (Fsp3) is 0. The molecule has 0 saturated heterocycles. The van der Waals surface area contributed by atoms with Gasteiger partial charge in [0.05, 0.1) is 11.8 Å². The Kier molecular flexibility index (Phi) is 3.13. The average Bonchev–Trinajstić information content (AvgIpc) is 2.40. The van der Waals surface area contributed by atoms with Crippen LogP contribution in [0.3, 0.4) is 0 Å². The number of esters is 1. The number of carbonyl (C=O) groups is 1. The highest BCUT2D eigenvalue weighted by molar-refractivity contribution is 5.91. The maximum atomic E-state index is 11.7. The fourth-order valence-electron chi connectivity index (χ4n) is 1.24. The Labute approximate surface area is 98.1 Å². The molecule has 1 aromatic heterocycles. The maximum absolute atomic E-state index is 11.7. The van der Waals surface area contributed by atoms with E-state index in [4.69, 9.17) is 10.00 Å². The minimum Gasteiger partial charge on any atom is -0.421 e. The van der Waals surface area contributed by atoms with Crippen LogP contribution in [0, 0.1) is 17.5 Å². The molecule has 0 N–H and O–H groups in total. The minimum absolute atomic E-state index is 0.163. The third-order valence-corrected chi connectivity index (χ3v) is 2.06. The molecule has 0 saturated carbocycles. The third-order valence-electron chi connectivity index (χ3n) is 2.06. The van der Waals surface area contributed by atoms with Crippen LogP contribution < -0.4 is 4.74 Å². The molecule has 0 spiro atoms. The van der Waals surface area contributed by atoms with Gasteiger partial charge in [0.2, 0.25) is 0 Å². The number of pyridine rings is 1. The maximum Gasteiger partial charge on any atom is 0.343 e. The van der Waals surface area contributed by atoms with E-state index in [1.54, 1.807) is 30.3 Å². The van der Waals surface area contributed by atoms with Crippen LogP contribution in [0.15, 0.2) is 42.6 Å². The van der Waals surface area contributed by atoms with Crippen LogP contribution in [0.4, 0.5) is 0 Å². The van der Waals surface area contributed by atoms with Gasteiger partial charge in [0, 0.05) is 12.3 Å². The molecule has 0 bridgehead atoms. The zero-order valence-electron chi connectivity index (χ0n) is 8.75. The lowest BCUT2D eigenvalue weighted by Gasteiger charge is -2.04. The van der Waals surface area contributed by atoms with Crippen molar-refractivity contribution in [3.63, 3.8) is 0 Å². The Hall–Kier alpha value is -2.67. The number of nitriles is 1. The summed E-state index contributed by atoms with van der Waals surface area (Å²) in [6.07, 6.45) is 3.81. The van der Waals surface area contributed by atoms with Crippen LogP contribution in [0.2, 0.25) is 0 Å². The first-order valence-corrected chi connectivity index (χ1v) is 4.84. The molecule has 2 aromatic rings. The molecule has 0 aliphatic rings. The van der Waals surface area contributed by atoms with E-state index < -0.39 is 5.97 Å². The smallest absolute Gasteiger partial charge is 0.343 e. The van der Waals surface area contributed by atoms with Crippen LogP contribution in [0.1, 0.15) is 15.9 Å². The molecule has 4 nitrogen and oxygen atoms in total. The molecule has 0 fully saturated rings. The molecule has 0 aliphatic heterocycles. The molecule has 0 aliphatic carbocycles. The highest BCUT2D eigenvalue weighted by Crippen LogP contribution is 2.16. The minimum atomic E-state index is -0.512. The summed E-state index contributed by atoms with van der Waals surface area (Å²) in [4.78, 5) is 15.4. The summed E-state index contributed by atoms with van der Waals surface area (Å²) in [7, 11) is 0. The number of carbonyl (C=O) groups excluding carboxylic acids is 1. The molecule has 0 unspecified atom stereocenters. The quantitative estimate of drug-likeness (QED) is 0.730. The predicted molar refractivity (Wildman–Crippen MR) is 59.2 cm³/mol. The zero-order chi connectivity index (χ0) is 12.1. The summed E-state index contributed by atoms with van der Waals surface area (Å²) in [6, 6.07) is 11.8. The van der Waals surface area contributed by atoms with E-state index in [9.17, 15) is 4.79 Å². The van der Waals surface area contributed by atoms with Crippen molar-refractivity contribution in [1.29, 1.82) is 5.26 Å². The molecule has 81 valence electrons. The summed E-state index contributed by atoms with van der Waals surface area (Å²) in [5.41, 5.74) is 0.626. The largest absolute Gasteiger partial charge is 0.421 e. The summed E-state index contributed by atoms with van der Waals surface area (Å²) in [5, 5.41) is 8.81. The fourth-order valence-corrected chi connectivity index (χ4v) is 1.24. The standard InChI is InChI=1S/C13H7N2O2/c14-8-11-9-15-7-6-12(11)17-13(16)10-4-2-1-3-5-10/h1-6,9H. The second-order valence-electron chi connectivity index (χ2n) is 3.18. The van der Waals surface area contributed by atoms with Crippen LogP contribution >= 0.6 is 0 Å². The molecule has 0 amide bonds. The van der Waals surface area contributed by atoms with E-state index in [1.165, 1.54) is 12.3 Å². The van der Waals surface area contributed by atoms with Gasteiger partial charge in [0.15, 0.2) is 5.75 Å². The number of hydrogen-bond acceptors (Lipinski definition) is 4. The van der Waals surface area contributed by atoms with E-state index in [-0.39, 0.29) is 11.3 Å². The van der Waals surface area contributed by atoms with E-state index in [1.807, 2.05) is 6.07 Å². The van der Waals surface area contributed by atoms with Gasteiger partial charge in [-0.2, -0.15) is 5.26 Å². The lowest BCUT2D eigenvalue weighted by molar-refractivity contribution is 0.0734. The normalized spacial score (nSPS) is 9.35. The molecule has 4 heteroatoms. The van der Waals surface area contributed by atoms with Crippen molar-refractivity contribution in [2.75, 3.05) is 0 Å². The van der Waals surface area contributed by atoms with Gasteiger partial charge in [-0.15, -0.1) is 0 Å². The molecule has 2 rings (SSSR count).